The van der Waals surface area contributed by atoms with Crippen LogP contribution >= 0.6 is 0 Å². The van der Waals surface area contributed by atoms with Crippen molar-refractivity contribution in [1.82, 2.24) is 4.98 Å². The average Bonchev–Trinajstić information content (AvgIpc) is 3.18. The first kappa shape index (κ1) is 24.8. The smallest absolute Gasteiger partial charge is 0.296 e. The molecule has 0 aliphatic carbocycles. The van der Waals surface area contributed by atoms with Crippen LogP contribution in [0.15, 0.2) is 63.8 Å². The predicted octanol–water partition coefficient (Wildman–Crippen LogP) is 6.82. The largest absolute Gasteiger partial charge is 0.494 e. The van der Waals surface area contributed by atoms with Crippen molar-refractivity contribution >= 4 is 22.7 Å². The Kier molecular flexibility index (Phi) is 6.83. The summed E-state index contributed by atoms with van der Waals surface area (Å²) < 4.78 is 12.1. The van der Waals surface area contributed by atoms with E-state index in [0.29, 0.717) is 29.0 Å². The number of pyridine rings is 1. The van der Waals surface area contributed by atoms with E-state index in [1.165, 1.54) is 12.8 Å². The second-order valence-corrected chi connectivity index (χ2v) is 9.80. The summed E-state index contributed by atoms with van der Waals surface area (Å²) >= 11 is 0. The van der Waals surface area contributed by atoms with Gasteiger partial charge in [-0.05, 0) is 80.3 Å². The molecule has 2 aromatic carbocycles. The fourth-order valence-corrected chi connectivity index (χ4v) is 4.91. The predicted molar refractivity (Wildman–Crippen MR) is 146 cm³/mol. The van der Waals surface area contributed by atoms with Crippen molar-refractivity contribution in [2.75, 3.05) is 11.5 Å². The number of rotatable bonds is 8. The Morgan fingerprint density at radius 3 is 2.43 bits per heavy atom. The fraction of sp³-hybridized carbons (Fsp3) is 0.323. The zero-order valence-corrected chi connectivity index (χ0v) is 21.8. The van der Waals surface area contributed by atoms with Gasteiger partial charge in [0.2, 0.25) is 5.76 Å². The second-order valence-electron chi connectivity index (χ2n) is 9.80. The van der Waals surface area contributed by atoms with Crippen LogP contribution in [0.5, 0.6) is 5.75 Å². The number of hydrogen-bond donors (Lipinski definition) is 0. The van der Waals surface area contributed by atoms with Crippen LogP contribution in [-0.4, -0.2) is 17.5 Å². The molecule has 6 nitrogen and oxygen atoms in total. The molecule has 1 atom stereocenters. The van der Waals surface area contributed by atoms with Crippen molar-refractivity contribution in [3.8, 4) is 5.75 Å². The molecule has 6 heteroatoms. The number of benzene rings is 2. The zero-order chi connectivity index (χ0) is 26.1. The topological polar surface area (TPSA) is 72.6 Å². The van der Waals surface area contributed by atoms with Crippen molar-refractivity contribution in [1.29, 1.82) is 0 Å². The summed E-state index contributed by atoms with van der Waals surface area (Å²) in [5, 5.41) is 0.478. The Balaban J connectivity index is 1.59. The quantitative estimate of drug-likeness (QED) is 0.250. The third-order valence-electron chi connectivity index (χ3n) is 7.07. The Morgan fingerprint density at radius 1 is 0.946 bits per heavy atom. The van der Waals surface area contributed by atoms with E-state index in [9.17, 15) is 9.59 Å². The van der Waals surface area contributed by atoms with Crippen molar-refractivity contribution in [3.63, 3.8) is 0 Å². The minimum Gasteiger partial charge on any atom is -0.494 e. The summed E-state index contributed by atoms with van der Waals surface area (Å²) in [6, 6.07) is 16.2. The lowest BCUT2D eigenvalue weighted by atomic mass is 9.97. The number of ether oxygens (including phenoxy) is 1. The lowest BCUT2D eigenvalue weighted by Crippen LogP contribution is -2.30. The molecule has 0 radical (unpaired) electrons. The zero-order valence-electron chi connectivity index (χ0n) is 21.8. The van der Waals surface area contributed by atoms with Crippen LogP contribution in [-0.2, 0) is 0 Å². The molecule has 5 rings (SSSR count). The van der Waals surface area contributed by atoms with Crippen molar-refractivity contribution in [2.45, 2.75) is 59.4 Å². The van der Waals surface area contributed by atoms with Crippen LogP contribution in [0.1, 0.15) is 77.2 Å². The molecule has 3 heterocycles. The summed E-state index contributed by atoms with van der Waals surface area (Å²) in [4.78, 5) is 33.8. The maximum Gasteiger partial charge on any atom is 0.296 e. The molecule has 0 saturated carbocycles. The van der Waals surface area contributed by atoms with E-state index in [-0.39, 0.29) is 17.1 Å². The van der Waals surface area contributed by atoms with Gasteiger partial charge in [0.1, 0.15) is 17.2 Å². The number of nitrogens with zero attached hydrogens (tertiary/aromatic N) is 2. The lowest BCUT2D eigenvalue weighted by Gasteiger charge is -2.24. The first-order valence-electron chi connectivity index (χ1n) is 13.0. The van der Waals surface area contributed by atoms with E-state index in [4.69, 9.17) is 9.15 Å². The number of hydrogen-bond acceptors (Lipinski definition) is 5. The summed E-state index contributed by atoms with van der Waals surface area (Å²) in [6.07, 6.45) is 4.55. The molecule has 1 aliphatic rings. The van der Waals surface area contributed by atoms with Crippen LogP contribution in [0.2, 0.25) is 0 Å². The molecule has 190 valence electrons. The van der Waals surface area contributed by atoms with Crippen molar-refractivity contribution in [2.24, 2.45) is 0 Å². The van der Waals surface area contributed by atoms with E-state index in [0.717, 1.165) is 41.0 Å². The highest BCUT2D eigenvalue weighted by Crippen LogP contribution is 2.41. The molecule has 1 aliphatic heterocycles. The number of anilines is 1. The average molecular weight is 497 g/mol. The Bertz CT molecular complexity index is 1520. The molecular formula is C31H32N2O4. The molecule has 1 amide bonds. The Labute approximate surface area is 216 Å². The van der Waals surface area contributed by atoms with E-state index >= 15 is 0 Å². The highest BCUT2D eigenvalue weighted by atomic mass is 16.5. The molecule has 0 spiro atoms. The molecule has 37 heavy (non-hydrogen) atoms. The van der Waals surface area contributed by atoms with Gasteiger partial charge in [-0.15, -0.1) is 0 Å². The molecule has 0 saturated heterocycles. The minimum atomic E-state index is -0.655. The van der Waals surface area contributed by atoms with Crippen LogP contribution in [0.25, 0.3) is 11.0 Å². The highest BCUT2D eigenvalue weighted by Gasteiger charge is 2.44. The van der Waals surface area contributed by atoms with E-state index in [1.807, 2.05) is 69.3 Å². The number of fused-ring (bicyclic) bond motifs is 2. The van der Waals surface area contributed by atoms with Gasteiger partial charge in [-0.2, -0.15) is 0 Å². The number of carbonyl (C=O) groups excluding carboxylic acids is 1. The number of carbonyl (C=O) groups is 1. The minimum absolute atomic E-state index is 0.0744. The van der Waals surface area contributed by atoms with Gasteiger partial charge in [0, 0.05) is 5.69 Å². The first-order valence-corrected chi connectivity index (χ1v) is 13.0. The van der Waals surface area contributed by atoms with E-state index < -0.39 is 6.04 Å². The van der Waals surface area contributed by atoms with Crippen LogP contribution in [0, 0.1) is 20.8 Å². The Morgan fingerprint density at radius 2 is 1.70 bits per heavy atom. The van der Waals surface area contributed by atoms with Gasteiger partial charge in [0.05, 0.1) is 23.6 Å². The lowest BCUT2D eigenvalue weighted by molar-refractivity contribution is 0.0970. The number of aromatic nitrogens is 1. The van der Waals surface area contributed by atoms with Crippen molar-refractivity contribution in [3.05, 3.63) is 98.5 Å². The van der Waals surface area contributed by atoms with Crippen LogP contribution < -0.4 is 15.1 Å². The molecule has 2 aromatic heterocycles. The molecule has 4 aromatic rings. The summed E-state index contributed by atoms with van der Waals surface area (Å²) in [5.74, 6) is 0.951. The molecule has 0 N–H and O–H groups in total. The van der Waals surface area contributed by atoms with E-state index in [2.05, 4.69) is 11.9 Å². The van der Waals surface area contributed by atoms with Crippen LogP contribution in [0.4, 0.5) is 5.82 Å². The van der Waals surface area contributed by atoms with Crippen LogP contribution in [0.3, 0.4) is 0 Å². The third-order valence-corrected chi connectivity index (χ3v) is 7.07. The second kappa shape index (κ2) is 10.2. The SMILES string of the molecule is CCCCCCOc1ccc(C2c3c(oc4cc(C)c(C)cc4c3=O)C(=O)N2c2cccc(C)n2)cc1. The summed E-state index contributed by atoms with van der Waals surface area (Å²) in [6.45, 7) is 8.66. The number of unbranched alkanes of at least 4 members (excludes halogenated alkanes) is 3. The van der Waals surface area contributed by atoms with Gasteiger partial charge in [0.15, 0.2) is 5.43 Å². The maximum absolute atomic E-state index is 13.9. The van der Waals surface area contributed by atoms with Gasteiger partial charge >= 0.3 is 0 Å². The normalized spacial score (nSPS) is 14.9. The number of amides is 1. The van der Waals surface area contributed by atoms with Gasteiger partial charge in [-0.3, -0.25) is 14.5 Å². The standard InChI is InChI=1S/C31H32N2O4/c1-5-6-7-8-16-36-23-14-12-22(13-15-23)28-27-29(34)24-17-19(2)20(3)18-25(24)37-30(27)31(35)33(28)26-11-9-10-21(4)32-26/h9-15,17-18,28H,5-8,16H2,1-4H3. The van der Waals surface area contributed by atoms with Gasteiger partial charge < -0.3 is 9.15 Å². The molecule has 0 fully saturated rings. The maximum atomic E-state index is 13.9. The third kappa shape index (κ3) is 4.64. The number of aryl methyl sites for hydroxylation is 3. The molecule has 1 unspecified atom stereocenters. The van der Waals surface area contributed by atoms with Gasteiger partial charge in [-0.1, -0.05) is 44.4 Å². The van der Waals surface area contributed by atoms with Gasteiger partial charge in [-0.25, -0.2) is 4.98 Å². The highest BCUT2D eigenvalue weighted by molar-refractivity contribution is 6.10. The van der Waals surface area contributed by atoms with Crippen molar-refractivity contribution < 1.29 is 13.9 Å². The fourth-order valence-electron chi connectivity index (χ4n) is 4.91. The monoisotopic (exact) mass is 496 g/mol. The molecule has 0 bridgehead atoms. The molecular weight excluding hydrogens is 464 g/mol. The first-order chi connectivity index (χ1) is 17.9. The van der Waals surface area contributed by atoms with E-state index in [1.54, 1.807) is 11.0 Å². The van der Waals surface area contributed by atoms with Gasteiger partial charge in [0.25, 0.3) is 5.91 Å². The Hall–Kier alpha value is -3.93. The summed E-state index contributed by atoms with van der Waals surface area (Å²) in [7, 11) is 0. The summed E-state index contributed by atoms with van der Waals surface area (Å²) in [5.41, 5.74) is 4.15.